The second kappa shape index (κ2) is 5.21. The normalized spacial score (nSPS) is 11.1. The Morgan fingerprint density at radius 1 is 1.08 bits per heavy atom. The van der Waals surface area contributed by atoms with E-state index in [0.29, 0.717) is 11.1 Å². The van der Waals surface area contributed by atoms with Gasteiger partial charge in [-0.3, -0.25) is 0 Å². The maximum Gasteiger partial charge on any atom is 0.213 e. The number of nitriles is 1. The largest absolute Gasteiger partial charge is 0.455 e. The predicted molar refractivity (Wildman–Crippen MR) is 94.5 cm³/mol. The molecule has 2 aromatic heterocycles. The maximum atomic E-state index is 9.46. The Morgan fingerprint density at radius 3 is 2.67 bits per heavy atom. The van der Waals surface area contributed by atoms with Gasteiger partial charge < -0.3 is 4.42 Å². The van der Waals surface area contributed by atoms with Crippen LogP contribution in [0.4, 0.5) is 0 Å². The van der Waals surface area contributed by atoms with Gasteiger partial charge in [0.1, 0.15) is 18.7 Å². The number of nitrogens with zero attached hydrogens (tertiary/aromatic N) is 2. The fraction of sp³-hybridized carbons (Fsp3) is 0.143. The van der Waals surface area contributed by atoms with Crippen LogP contribution in [0.1, 0.15) is 16.7 Å². The standard InChI is InChI=1S/C21H17N2O/c1-13-10-15(12-22)21-16(11-13)20-18(24-21)8-7-14(2)19(20)17-6-4-5-9-23(17)3/h4-11H,1-3H3/q+1. The fourth-order valence-corrected chi connectivity index (χ4v) is 3.42. The molecule has 24 heavy (non-hydrogen) atoms. The summed E-state index contributed by atoms with van der Waals surface area (Å²) >= 11 is 0. The molecule has 0 atom stereocenters. The van der Waals surface area contributed by atoms with E-state index in [1.54, 1.807) is 0 Å². The number of pyridine rings is 1. The van der Waals surface area contributed by atoms with E-state index in [2.05, 4.69) is 35.8 Å². The highest BCUT2D eigenvalue weighted by molar-refractivity contribution is 6.13. The van der Waals surface area contributed by atoms with Crippen molar-refractivity contribution in [2.75, 3.05) is 0 Å². The number of aryl methyl sites for hydroxylation is 3. The number of furan rings is 1. The zero-order valence-electron chi connectivity index (χ0n) is 13.9. The average Bonchev–Trinajstić information content (AvgIpc) is 2.94. The van der Waals surface area contributed by atoms with Crippen LogP contribution in [-0.4, -0.2) is 0 Å². The molecule has 4 rings (SSSR count). The summed E-state index contributed by atoms with van der Waals surface area (Å²) in [6, 6.07) is 16.5. The van der Waals surface area contributed by atoms with Crippen LogP contribution in [0.25, 0.3) is 33.2 Å². The summed E-state index contributed by atoms with van der Waals surface area (Å²) in [6.45, 7) is 4.12. The molecule has 0 saturated heterocycles. The molecule has 2 heterocycles. The molecule has 4 aromatic rings. The highest BCUT2D eigenvalue weighted by Crippen LogP contribution is 2.39. The average molecular weight is 313 g/mol. The molecule has 2 aromatic carbocycles. The topological polar surface area (TPSA) is 40.8 Å². The van der Waals surface area contributed by atoms with E-state index in [1.807, 2.05) is 44.4 Å². The van der Waals surface area contributed by atoms with Crippen LogP contribution in [0.3, 0.4) is 0 Å². The molecular formula is C21H17N2O+. The Morgan fingerprint density at radius 2 is 1.92 bits per heavy atom. The second-order valence-electron chi connectivity index (χ2n) is 6.23. The van der Waals surface area contributed by atoms with Gasteiger partial charge in [-0.1, -0.05) is 6.07 Å². The smallest absolute Gasteiger partial charge is 0.213 e. The first kappa shape index (κ1) is 14.5. The molecule has 0 fully saturated rings. The van der Waals surface area contributed by atoms with Crippen LogP contribution < -0.4 is 4.57 Å². The lowest BCUT2D eigenvalue weighted by Gasteiger charge is -2.06. The van der Waals surface area contributed by atoms with Crippen LogP contribution in [0.15, 0.2) is 53.1 Å². The van der Waals surface area contributed by atoms with Gasteiger partial charge in [0, 0.05) is 22.9 Å². The quantitative estimate of drug-likeness (QED) is 0.483. The van der Waals surface area contributed by atoms with Crippen LogP contribution >= 0.6 is 0 Å². The lowest BCUT2D eigenvalue weighted by molar-refractivity contribution is -0.660. The van der Waals surface area contributed by atoms with Crippen molar-refractivity contribution in [3.63, 3.8) is 0 Å². The summed E-state index contributed by atoms with van der Waals surface area (Å²) in [6.07, 6.45) is 2.04. The molecule has 0 aliphatic rings. The van der Waals surface area contributed by atoms with Gasteiger partial charge in [-0.25, -0.2) is 4.57 Å². The minimum Gasteiger partial charge on any atom is -0.455 e. The van der Waals surface area contributed by atoms with Gasteiger partial charge >= 0.3 is 0 Å². The summed E-state index contributed by atoms with van der Waals surface area (Å²) in [5.41, 5.74) is 6.60. The minimum atomic E-state index is 0.585. The molecule has 3 nitrogen and oxygen atoms in total. The van der Waals surface area contributed by atoms with Gasteiger partial charge in [0.25, 0.3) is 0 Å². The van der Waals surface area contributed by atoms with Crippen molar-refractivity contribution >= 4 is 21.9 Å². The number of benzene rings is 2. The van der Waals surface area contributed by atoms with E-state index >= 15 is 0 Å². The van der Waals surface area contributed by atoms with Gasteiger partial charge in [0.05, 0.1) is 11.1 Å². The number of fused-ring (bicyclic) bond motifs is 3. The van der Waals surface area contributed by atoms with Crippen molar-refractivity contribution in [1.29, 1.82) is 5.26 Å². The zero-order chi connectivity index (χ0) is 16.8. The predicted octanol–water partition coefficient (Wildman–Crippen LogP) is 4.57. The zero-order valence-corrected chi connectivity index (χ0v) is 13.9. The molecule has 0 aliphatic heterocycles. The van der Waals surface area contributed by atoms with Crippen LogP contribution in [-0.2, 0) is 7.05 Å². The van der Waals surface area contributed by atoms with E-state index in [0.717, 1.165) is 33.2 Å². The first-order chi connectivity index (χ1) is 11.6. The number of hydrogen-bond acceptors (Lipinski definition) is 2. The van der Waals surface area contributed by atoms with Crippen molar-refractivity contribution in [3.05, 3.63) is 65.4 Å². The third kappa shape index (κ3) is 2.00. The Labute approximate surface area is 140 Å². The van der Waals surface area contributed by atoms with E-state index in [9.17, 15) is 5.26 Å². The third-order valence-electron chi connectivity index (χ3n) is 4.52. The van der Waals surface area contributed by atoms with Crippen LogP contribution in [0.5, 0.6) is 0 Å². The van der Waals surface area contributed by atoms with Gasteiger partial charge in [-0.15, -0.1) is 0 Å². The summed E-state index contributed by atoms with van der Waals surface area (Å²) in [5, 5.41) is 11.5. The van der Waals surface area contributed by atoms with Crippen LogP contribution in [0, 0.1) is 25.2 Å². The summed E-state index contributed by atoms with van der Waals surface area (Å²) in [7, 11) is 2.04. The number of rotatable bonds is 1. The van der Waals surface area contributed by atoms with Crippen LogP contribution in [0.2, 0.25) is 0 Å². The summed E-state index contributed by atoms with van der Waals surface area (Å²) in [4.78, 5) is 0. The molecule has 0 unspecified atom stereocenters. The molecule has 116 valence electrons. The Bertz CT molecular complexity index is 1150. The monoisotopic (exact) mass is 313 g/mol. The first-order valence-corrected chi connectivity index (χ1v) is 7.91. The third-order valence-corrected chi connectivity index (χ3v) is 4.52. The van der Waals surface area contributed by atoms with Gasteiger partial charge in [0.15, 0.2) is 11.8 Å². The molecular weight excluding hydrogens is 296 g/mol. The van der Waals surface area contributed by atoms with Gasteiger partial charge in [-0.2, -0.15) is 5.26 Å². The fourth-order valence-electron chi connectivity index (χ4n) is 3.42. The van der Waals surface area contributed by atoms with E-state index in [1.165, 1.54) is 5.56 Å². The van der Waals surface area contributed by atoms with Gasteiger partial charge in [0.2, 0.25) is 5.69 Å². The Balaban J connectivity index is 2.24. The van der Waals surface area contributed by atoms with Crippen molar-refractivity contribution in [2.45, 2.75) is 13.8 Å². The number of aromatic nitrogens is 1. The molecule has 0 aliphatic carbocycles. The van der Waals surface area contributed by atoms with Crippen molar-refractivity contribution in [3.8, 4) is 17.3 Å². The second-order valence-corrected chi connectivity index (χ2v) is 6.23. The van der Waals surface area contributed by atoms with Crippen molar-refractivity contribution in [1.82, 2.24) is 0 Å². The lowest BCUT2D eigenvalue weighted by Crippen LogP contribution is -2.30. The number of hydrogen-bond donors (Lipinski definition) is 0. The molecule has 3 heteroatoms. The van der Waals surface area contributed by atoms with Gasteiger partial charge in [-0.05, 0) is 49.2 Å². The van der Waals surface area contributed by atoms with E-state index in [4.69, 9.17) is 4.42 Å². The summed E-state index contributed by atoms with van der Waals surface area (Å²) in [5.74, 6) is 0. The highest BCUT2D eigenvalue weighted by Gasteiger charge is 2.21. The first-order valence-electron chi connectivity index (χ1n) is 7.91. The minimum absolute atomic E-state index is 0.585. The molecule has 0 bridgehead atoms. The lowest BCUT2D eigenvalue weighted by atomic mass is 9.96. The maximum absolute atomic E-state index is 9.46. The molecule has 0 saturated carbocycles. The Hall–Kier alpha value is -3.12. The van der Waals surface area contributed by atoms with E-state index in [-0.39, 0.29) is 0 Å². The summed E-state index contributed by atoms with van der Waals surface area (Å²) < 4.78 is 8.17. The van der Waals surface area contributed by atoms with E-state index < -0.39 is 0 Å². The highest BCUT2D eigenvalue weighted by atomic mass is 16.3. The van der Waals surface area contributed by atoms with Crippen molar-refractivity contribution in [2.24, 2.45) is 7.05 Å². The van der Waals surface area contributed by atoms with Crippen molar-refractivity contribution < 1.29 is 8.98 Å². The molecule has 0 spiro atoms. The SMILES string of the molecule is Cc1cc(C#N)c2oc3ccc(C)c(-c4cccc[n+]4C)c3c2c1. The molecule has 0 amide bonds. The Kier molecular flexibility index (Phi) is 3.14. The molecule has 0 N–H and O–H groups in total. The molecule has 0 radical (unpaired) electrons.